The van der Waals surface area contributed by atoms with Crippen LogP contribution >= 0.6 is 0 Å². The van der Waals surface area contributed by atoms with Gasteiger partial charge in [0.05, 0.1) is 17.6 Å². The molecule has 0 saturated heterocycles. The van der Waals surface area contributed by atoms with E-state index in [1.54, 1.807) is 36.1 Å². The highest BCUT2D eigenvalue weighted by Crippen LogP contribution is 2.12. The van der Waals surface area contributed by atoms with Crippen molar-refractivity contribution >= 4 is 5.97 Å². The molecule has 76 valence electrons. The van der Waals surface area contributed by atoms with Gasteiger partial charge in [0.2, 0.25) is 0 Å². The number of nitrogens with zero attached hydrogens (tertiary/aromatic N) is 3. The summed E-state index contributed by atoms with van der Waals surface area (Å²) in [6.07, 6.45) is 4.62. The number of aromatic nitrogens is 3. The summed E-state index contributed by atoms with van der Waals surface area (Å²) in [5.41, 5.74) is 1.62. The first-order valence-electron chi connectivity index (χ1n) is 4.38. The Morgan fingerprint density at radius 1 is 1.40 bits per heavy atom. The minimum Gasteiger partial charge on any atom is -0.478 e. The van der Waals surface area contributed by atoms with E-state index in [1.165, 1.54) is 6.20 Å². The highest BCUT2D eigenvalue weighted by Gasteiger charge is 2.13. The molecule has 0 amide bonds. The van der Waals surface area contributed by atoms with E-state index in [2.05, 4.69) is 10.1 Å². The van der Waals surface area contributed by atoms with Gasteiger partial charge in [-0.1, -0.05) is 0 Å². The van der Waals surface area contributed by atoms with Crippen LogP contribution in [0.5, 0.6) is 0 Å². The Morgan fingerprint density at radius 3 is 2.60 bits per heavy atom. The average molecular weight is 203 g/mol. The average Bonchev–Trinajstić information content (AvgIpc) is 2.61. The normalized spacial score (nSPS) is 10.2. The van der Waals surface area contributed by atoms with E-state index in [0.29, 0.717) is 5.69 Å². The minimum absolute atomic E-state index is 0.215. The monoisotopic (exact) mass is 203 g/mol. The molecule has 0 aliphatic heterocycles. The van der Waals surface area contributed by atoms with Crippen molar-refractivity contribution in [3.05, 3.63) is 42.0 Å². The lowest BCUT2D eigenvalue weighted by atomic mass is 10.2. The van der Waals surface area contributed by atoms with Gasteiger partial charge in [0.1, 0.15) is 5.56 Å². The minimum atomic E-state index is -0.965. The van der Waals surface area contributed by atoms with E-state index in [9.17, 15) is 4.79 Å². The van der Waals surface area contributed by atoms with Crippen LogP contribution in [0.1, 0.15) is 16.1 Å². The quantitative estimate of drug-likeness (QED) is 0.798. The number of hydrogen-bond acceptors (Lipinski definition) is 3. The molecule has 0 radical (unpaired) electrons. The molecule has 15 heavy (non-hydrogen) atoms. The van der Waals surface area contributed by atoms with Gasteiger partial charge in [-0.3, -0.25) is 4.98 Å². The number of rotatable bonds is 2. The van der Waals surface area contributed by atoms with Gasteiger partial charge >= 0.3 is 5.97 Å². The van der Waals surface area contributed by atoms with E-state index < -0.39 is 5.97 Å². The number of aromatic carboxylic acids is 1. The Hall–Kier alpha value is -2.17. The Kier molecular flexibility index (Phi) is 2.21. The van der Waals surface area contributed by atoms with Crippen molar-refractivity contribution in [2.75, 3.05) is 0 Å². The third-order valence-corrected chi connectivity index (χ3v) is 2.15. The maximum absolute atomic E-state index is 10.8. The van der Waals surface area contributed by atoms with Crippen LogP contribution in [-0.4, -0.2) is 25.8 Å². The van der Waals surface area contributed by atoms with Gasteiger partial charge in [-0.05, 0) is 19.1 Å². The van der Waals surface area contributed by atoms with E-state index in [4.69, 9.17) is 5.11 Å². The zero-order chi connectivity index (χ0) is 10.8. The van der Waals surface area contributed by atoms with Gasteiger partial charge in [-0.15, -0.1) is 0 Å². The summed E-state index contributed by atoms with van der Waals surface area (Å²) in [5.74, 6) is -0.965. The first-order valence-corrected chi connectivity index (χ1v) is 4.38. The van der Waals surface area contributed by atoms with Crippen molar-refractivity contribution in [1.82, 2.24) is 14.8 Å². The van der Waals surface area contributed by atoms with Gasteiger partial charge in [-0.25, -0.2) is 9.48 Å². The summed E-state index contributed by atoms with van der Waals surface area (Å²) in [5, 5.41) is 12.9. The zero-order valence-electron chi connectivity index (χ0n) is 8.08. The molecule has 0 aliphatic carbocycles. The van der Waals surface area contributed by atoms with E-state index in [0.717, 1.165) is 5.69 Å². The lowest BCUT2D eigenvalue weighted by Crippen LogP contribution is -2.02. The topological polar surface area (TPSA) is 68.0 Å². The van der Waals surface area contributed by atoms with Crippen molar-refractivity contribution in [3.8, 4) is 5.69 Å². The fourth-order valence-electron chi connectivity index (χ4n) is 1.37. The Labute approximate surface area is 86.0 Å². The molecule has 0 unspecified atom stereocenters. The van der Waals surface area contributed by atoms with Crippen LogP contribution in [0.15, 0.2) is 30.7 Å². The third-order valence-electron chi connectivity index (χ3n) is 2.15. The molecule has 5 heteroatoms. The van der Waals surface area contributed by atoms with Crippen molar-refractivity contribution in [1.29, 1.82) is 0 Å². The molecule has 2 heterocycles. The van der Waals surface area contributed by atoms with Crippen LogP contribution in [0, 0.1) is 6.92 Å². The van der Waals surface area contributed by atoms with Crippen molar-refractivity contribution in [2.45, 2.75) is 6.92 Å². The maximum atomic E-state index is 10.8. The number of carboxylic acids is 1. The summed E-state index contributed by atoms with van der Waals surface area (Å²) < 4.78 is 1.57. The van der Waals surface area contributed by atoms with Crippen LogP contribution in [-0.2, 0) is 0 Å². The second-order valence-corrected chi connectivity index (χ2v) is 3.07. The maximum Gasteiger partial charge on any atom is 0.339 e. The highest BCUT2D eigenvalue weighted by atomic mass is 16.4. The SMILES string of the molecule is Cc1c(C(=O)O)cnn1-c1ccncc1. The van der Waals surface area contributed by atoms with Crippen LogP contribution in [0.2, 0.25) is 0 Å². The lowest BCUT2D eigenvalue weighted by molar-refractivity contribution is 0.0696. The third kappa shape index (κ3) is 1.59. The molecular formula is C10H9N3O2. The second-order valence-electron chi connectivity index (χ2n) is 3.07. The summed E-state index contributed by atoms with van der Waals surface area (Å²) in [4.78, 5) is 14.7. The summed E-state index contributed by atoms with van der Waals surface area (Å²) >= 11 is 0. The lowest BCUT2D eigenvalue weighted by Gasteiger charge is -2.02. The Bertz CT molecular complexity index is 491. The number of carboxylic acid groups (broad SMARTS) is 1. The highest BCUT2D eigenvalue weighted by molar-refractivity contribution is 5.88. The molecule has 0 aromatic carbocycles. The fourth-order valence-corrected chi connectivity index (χ4v) is 1.37. The van der Waals surface area contributed by atoms with Gasteiger partial charge in [0.25, 0.3) is 0 Å². The zero-order valence-corrected chi connectivity index (χ0v) is 8.08. The molecule has 1 N–H and O–H groups in total. The molecule has 2 aromatic heterocycles. The second kappa shape index (κ2) is 3.53. The molecule has 5 nitrogen and oxygen atoms in total. The standard InChI is InChI=1S/C10H9N3O2/c1-7-9(10(14)15)6-12-13(7)8-2-4-11-5-3-8/h2-6H,1H3,(H,14,15). The van der Waals surface area contributed by atoms with Crippen molar-refractivity contribution in [3.63, 3.8) is 0 Å². The van der Waals surface area contributed by atoms with Crippen LogP contribution in [0.4, 0.5) is 0 Å². The molecule has 2 aromatic rings. The molecule has 0 aliphatic rings. The van der Waals surface area contributed by atoms with Crippen LogP contribution in [0.25, 0.3) is 5.69 Å². The molecule has 0 atom stereocenters. The molecule has 0 saturated carbocycles. The Balaban J connectivity index is 2.52. The van der Waals surface area contributed by atoms with Crippen LogP contribution < -0.4 is 0 Å². The number of hydrogen-bond donors (Lipinski definition) is 1. The van der Waals surface area contributed by atoms with Crippen molar-refractivity contribution in [2.24, 2.45) is 0 Å². The molecule has 0 fully saturated rings. The summed E-state index contributed by atoms with van der Waals surface area (Å²) in [6, 6.07) is 3.54. The molecule has 0 spiro atoms. The van der Waals surface area contributed by atoms with E-state index in [-0.39, 0.29) is 5.56 Å². The first kappa shape index (κ1) is 9.39. The predicted octanol–water partition coefficient (Wildman–Crippen LogP) is 1.27. The van der Waals surface area contributed by atoms with Crippen LogP contribution in [0.3, 0.4) is 0 Å². The smallest absolute Gasteiger partial charge is 0.339 e. The fraction of sp³-hybridized carbons (Fsp3) is 0.100. The molecule has 0 bridgehead atoms. The molecule has 2 rings (SSSR count). The van der Waals surface area contributed by atoms with Gasteiger partial charge in [-0.2, -0.15) is 5.10 Å². The first-order chi connectivity index (χ1) is 7.20. The van der Waals surface area contributed by atoms with Crippen molar-refractivity contribution < 1.29 is 9.90 Å². The Morgan fingerprint density at radius 2 is 2.07 bits per heavy atom. The number of pyridine rings is 1. The molecular weight excluding hydrogens is 194 g/mol. The predicted molar refractivity (Wildman–Crippen MR) is 53.1 cm³/mol. The largest absolute Gasteiger partial charge is 0.478 e. The van der Waals surface area contributed by atoms with Gasteiger partial charge in [0, 0.05) is 12.4 Å². The number of carbonyl (C=O) groups is 1. The van der Waals surface area contributed by atoms with E-state index in [1.807, 2.05) is 0 Å². The van der Waals surface area contributed by atoms with Gasteiger partial charge < -0.3 is 5.11 Å². The van der Waals surface area contributed by atoms with E-state index >= 15 is 0 Å². The summed E-state index contributed by atoms with van der Waals surface area (Å²) in [7, 11) is 0. The van der Waals surface area contributed by atoms with Gasteiger partial charge in [0.15, 0.2) is 0 Å². The summed E-state index contributed by atoms with van der Waals surface area (Å²) in [6.45, 7) is 1.72.